The number of likely N-dealkylation sites (tertiary alicyclic amines) is 1. The first-order valence-electron chi connectivity index (χ1n) is 7.46. The highest BCUT2D eigenvalue weighted by molar-refractivity contribution is 5.71. The predicted octanol–water partition coefficient (Wildman–Crippen LogP) is 2.85. The van der Waals surface area contributed by atoms with Crippen molar-refractivity contribution in [3.63, 3.8) is 0 Å². The van der Waals surface area contributed by atoms with Crippen molar-refractivity contribution in [1.82, 2.24) is 4.90 Å². The molecule has 3 nitrogen and oxygen atoms in total. The number of carbonyl (C=O) groups is 1. The molecule has 4 atom stereocenters. The molecule has 0 aromatic heterocycles. The van der Waals surface area contributed by atoms with E-state index >= 15 is 0 Å². The molecule has 0 radical (unpaired) electrons. The van der Waals surface area contributed by atoms with Crippen LogP contribution in [0.5, 0.6) is 0 Å². The van der Waals surface area contributed by atoms with Gasteiger partial charge in [-0.3, -0.25) is 9.69 Å². The maximum absolute atomic E-state index is 11.2. The van der Waals surface area contributed by atoms with Gasteiger partial charge >= 0.3 is 5.97 Å². The zero-order valence-corrected chi connectivity index (χ0v) is 11.9. The van der Waals surface area contributed by atoms with Crippen molar-refractivity contribution >= 4 is 5.97 Å². The lowest BCUT2D eigenvalue weighted by Gasteiger charge is -2.37. The van der Waals surface area contributed by atoms with Crippen LogP contribution in [0.4, 0.5) is 0 Å². The van der Waals surface area contributed by atoms with Gasteiger partial charge in [0.25, 0.3) is 0 Å². The lowest BCUT2D eigenvalue weighted by molar-refractivity contribution is -0.142. The first kappa shape index (κ1) is 13.9. The van der Waals surface area contributed by atoms with E-state index in [2.05, 4.69) is 25.7 Å². The molecule has 1 saturated carbocycles. The largest absolute Gasteiger partial charge is 0.481 e. The maximum Gasteiger partial charge on any atom is 0.308 e. The van der Waals surface area contributed by atoms with Gasteiger partial charge in [0.1, 0.15) is 0 Å². The number of hydrogen-bond acceptors (Lipinski definition) is 2. The second kappa shape index (κ2) is 5.60. The first-order chi connectivity index (χ1) is 8.49. The molecular formula is C15H27NO2. The van der Waals surface area contributed by atoms with Crippen molar-refractivity contribution in [2.75, 3.05) is 13.1 Å². The van der Waals surface area contributed by atoms with Gasteiger partial charge in [0.2, 0.25) is 0 Å². The fourth-order valence-corrected chi connectivity index (χ4v) is 3.76. The Bertz CT molecular complexity index is 303. The minimum Gasteiger partial charge on any atom is -0.481 e. The number of rotatable bonds is 3. The summed E-state index contributed by atoms with van der Waals surface area (Å²) in [5.74, 6) is 1.15. The van der Waals surface area contributed by atoms with Crippen LogP contribution in [-0.4, -0.2) is 35.1 Å². The average Bonchev–Trinajstić information content (AvgIpc) is 2.71. The molecule has 2 fully saturated rings. The molecule has 1 heterocycles. The topological polar surface area (TPSA) is 40.5 Å². The van der Waals surface area contributed by atoms with Crippen molar-refractivity contribution in [2.45, 2.75) is 52.5 Å². The fourth-order valence-electron chi connectivity index (χ4n) is 3.76. The zero-order valence-electron chi connectivity index (χ0n) is 11.9. The lowest BCUT2D eigenvalue weighted by Crippen LogP contribution is -2.38. The second-order valence-corrected chi connectivity index (χ2v) is 6.70. The van der Waals surface area contributed by atoms with Crippen molar-refractivity contribution < 1.29 is 9.90 Å². The third-order valence-corrected chi connectivity index (χ3v) is 5.10. The highest BCUT2D eigenvalue weighted by atomic mass is 16.4. The van der Waals surface area contributed by atoms with Gasteiger partial charge in [0.15, 0.2) is 0 Å². The van der Waals surface area contributed by atoms with Crippen LogP contribution in [0, 0.1) is 23.7 Å². The molecule has 18 heavy (non-hydrogen) atoms. The summed E-state index contributed by atoms with van der Waals surface area (Å²) in [6.45, 7) is 8.47. The predicted molar refractivity (Wildman–Crippen MR) is 72.4 cm³/mol. The van der Waals surface area contributed by atoms with Crippen LogP contribution in [0.1, 0.15) is 46.5 Å². The lowest BCUT2D eigenvalue weighted by atomic mass is 9.79. The number of carboxylic acid groups (broad SMARTS) is 1. The van der Waals surface area contributed by atoms with Crippen molar-refractivity contribution in [2.24, 2.45) is 23.7 Å². The standard InChI is InChI=1S/C15H27NO2/c1-10(2)12-5-4-6-13(7-12)16-8-11(3)14(9-16)15(17)18/h10-14H,4-9H2,1-3H3,(H,17,18). The van der Waals surface area contributed by atoms with Crippen LogP contribution in [0.15, 0.2) is 0 Å². The van der Waals surface area contributed by atoms with Crippen LogP contribution in [0.25, 0.3) is 0 Å². The number of carboxylic acids is 1. The first-order valence-corrected chi connectivity index (χ1v) is 7.46. The second-order valence-electron chi connectivity index (χ2n) is 6.70. The molecule has 0 spiro atoms. The highest BCUT2D eigenvalue weighted by Gasteiger charge is 2.39. The number of aliphatic carboxylic acids is 1. The van der Waals surface area contributed by atoms with Gasteiger partial charge in [-0.15, -0.1) is 0 Å². The summed E-state index contributed by atoms with van der Waals surface area (Å²) in [6, 6.07) is 0.637. The summed E-state index contributed by atoms with van der Waals surface area (Å²) in [4.78, 5) is 13.6. The van der Waals surface area contributed by atoms with Crippen molar-refractivity contribution in [3.05, 3.63) is 0 Å². The summed E-state index contributed by atoms with van der Waals surface area (Å²) >= 11 is 0. The molecule has 1 aliphatic heterocycles. The molecule has 2 aliphatic rings. The van der Waals surface area contributed by atoms with E-state index in [4.69, 9.17) is 0 Å². The minimum absolute atomic E-state index is 0.149. The molecule has 3 heteroatoms. The van der Waals surface area contributed by atoms with Gasteiger partial charge in [-0.25, -0.2) is 0 Å². The highest BCUT2D eigenvalue weighted by Crippen LogP contribution is 2.35. The van der Waals surface area contributed by atoms with E-state index < -0.39 is 5.97 Å². The molecule has 1 aliphatic carbocycles. The van der Waals surface area contributed by atoms with E-state index in [0.717, 1.165) is 24.9 Å². The van der Waals surface area contributed by atoms with Crippen LogP contribution in [0.3, 0.4) is 0 Å². The summed E-state index contributed by atoms with van der Waals surface area (Å²) in [6.07, 6.45) is 5.22. The Morgan fingerprint density at radius 3 is 2.56 bits per heavy atom. The summed E-state index contributed by atoms with van der Waals surface area (Å²) in [5, 5.41) is 9.21. The Hall–Kier alpha value is -0.570. The van der Waals surface area contributed by atoms with E-state index in [-0.39, 0.29) is 5.92 Å². The molecule has 0 aromatic rings. The summed E-state index contributed by atoms with van der Waals surface area (Å²) < 4.78 is 0. The van der Waals surface area contributed by atoms with E-state index in [0.29, 0.717) is 12.0 Å². The Labute approximate surface area is 111 Å². The molecule has 1 saturated heterocycles. The summed E-state index contributed by atoms with van der Waals surface area (Å²) in [7, 11) is 0. The quantitative estimate of drug-likeness (QED) is 0.841. The molecule has 0 aromatic carbocycles. The Morgan fingerprint density at radius 1 is 1.28 bits per heavy atom. The third-order valence-electron chi connectivity index (χ3n) is 5.10. The van der Waals surface area contributed by atoms with Crippen LogP contribution in [-0.2, 0) is 4.79 Å². The minimum atomic E-state index is -0.610. The smallest absolute Gasteiger partial charge is 0.308 e. The zero-order chi connectivity index (χ0) is 13.3. The average molecular weight is 253 g/mol. The fraction of sp³-hybridized carbons (Fsp3) is 0.933. The number of nitrogens with zero attached hydrogens (tertiary/aromatic N) is 1. The van der Waals surface area contributed by atoms with E-state index in [1.807, 2.05) is 0 Å². The Morgan fingerprint density at radius 2 is 2.00 bits per heavy atom. The van der Waals surface area contributed by atoms with Gasteiger partial charge in [-0.05, 0) is 30.6 Å². The molecular weight excluding hydrogens is 226 g/mol. The van der Waals surface area contributed by atoms with E-state index in [9.17, 15) is 9.90 Å². The molecule has 1 N–H and O–H groups in total. The third kappa shape index (κ3) is 2.87. The van der Waals surface area contributed by atoms with Gasteiger partial charge in [-0.1, -0.05) is 33.6 Å². The molecule has 0 bridgehead atoms. The summed E-state index contributed by atoms with van der Waals surface area (Å²) in [5.41, 5.74) is 0. The van der Waals surface area contributed by atoms with Crippen molar-refractivity contribution in [1.29, 1.82) is 0 Å². The molecule has 4 unspecified atom stereocenters. The Balaban J connectivity index is 1.94. The van der Waals surface area contributed by atoms with Crippen LogP contribution >= 0.6 is 0 Å². The van der Waals surface area contributed by atoms with Crippen LogP contribution < -0.4 is 0 Å². The molecule has 2 rings (SSSR count). The van der Waals surface area contributed by atoms with Crippen LogP contribution in [0.2, 0.25) is 0 Å². The normalized spacial score (nSPS) is 38.2. The molecule has 104 valence electrons. The van der Waals surface area contributed by atoms with Gasteiger partial charge < -0.3 is 5.11 Å². The van der Waals surface area contributed by atoms with Crippen molar-refractivity contribution in [3.8, 4) is 0 Å². The number of hydrogen-bond donors (Lipinski definition) is 1. The van der Waals surface area contributed by atoms with Gasteiger partial charge in [0, 0.05) is 19.1 Å². The van der Waals surface area contributed by atoms with Gasteiger partial charge in [-0.2, -0.15) is 0 Å². The van der Waals surface area contributed by atoms with E-state index in [1.165, 1.54) is 25.7 Å². The van der Waals surface area contributed by atoms with E-state index in [1.54, 1.807) is 0 Å². The van der Waals surface area contributed by atoms with Gasteiger partial charge in [0.05, 0.1) is 5.92 Å². The SMILES string of the molecule is CC(C)C1CCCC(N2CC(C)C(C(=O)O)C2)C1. The monoisotopic (exact) mass is 253 g/mol. The Kier molecular flexibility index (Phi) is 4.31. The molecule has 0 amide bonds. The maximum atomic E-state index is 11.2.